The summed E-state index contributed by atoms with van der Waals surface area (Å²) in [7, 11) is 0. The number of halogens is 3. The van der Waals surface area contributed by atoms with Crippen LogP contribution in [0.15, 0.2) is 18.3 Å². The van der Waals surface area contributed by atoms with Crippen molar-refractivity contribution < 1.29 is 18.0 Å². The van der Waals surface area contributed by atoms with E-state index in [1.165, 1.54) is 17.6 Å². The van der Waals surface area contributed by atoms with Gasteiger partial charge in [-0.1, -0.05) is 4.49 Å². The fourth-order valence-corrected chi connectivity index (χ4v) is 3.22. The Morgan fingerprint density at radius 3 is 2.84 bits per heavy atom. The molecule has 1 aliphatic heterocycles. The molecule has 1 saturated heterocycles. The smallest absolute Gasteiger partial charge is 0.356 e. The average Bonchev–Trinajstić information content (AvgIpc) is 3.21. The van der Waals surface area contributed by atoms with Crippen molar-refractivity contribution in [1.82, 2.24) is 19.9 Å². The van der Waals surface area contributed by atoms with E-state index in [-0.39, 0.29) is 11.8 Å². The number of nitrogens with one attached hydrogen (secondary N) is 1. The highest BCUT2D eigenvalue weighted by molar-refractivity contribution is 7.05. The van der Waals surface area contributed by atoms with Gasteiger partial charge in [-0.2, -0.15) is 13.2 Å². The van der Waals surface area contributed by atoms with Crippen molar-refractivity contribution in [1.29, 1.82) is 0 Å². The van der Waals surface area contributed by atoms with Gasteiger partial charge in [-0.25, -0.2) is 4.98 Å². The number of aryl methyl sites for hydroxylation is 1. The molecule has 1 atom stereocenters. The molecule has 0 bridgehead atoms. The third-order valence-electron chi connectivity index (χ3n) is 4.13. The van der Waals surface area contributed by atoms with Crippen molar-refractivity contribution in [2.45, 2.75) is 26.1 Å². The fraction of sp³-hybridized carbons (Fsp3) is 0.467. The number of pyridine rings is 1. The number of carbonyl (C=O) groups is 1. The van der Waals surface area contributed by atoms with Gasteiger partial charge in [0.1, 0.15) is 5.82 Å². The summed E-state index contributed by atoms with van der Waals surface area (Å²) in [6.45, 7) is 3.23. The van der Waals surface area contributed by atoms with Gasteiger partial charge in [-0.15, -0.1) is 5.10 Å². The number of anilines is 1. The second-order valence-corrected chi connectivity index (χ2v) is 6.67. The van der Waals surface area contributed by atoms with Gasteiger partial charge in [0, 0.05) is 19.3 Å². The van der Waals surface area contributed by atoms with E-state index in [9.17, 15) is 18.0 Å². The van der Waals surface area contributed by atoms with E-state index in [0.717, 1.165) is 22.8 Å². The molecule has 3 rings (SSSR count). The van der Waals surface area contributed by atoms with Crippen molar-refractivity contribution >= 4 is 23.3 Å². The maximum absolute atomic E-state index is 12.6. The molecule has 0 aliphatic carbocycles. The molecule has 2 aromatic rings. The minimum Gasteiger partial charge on any atom is -0.356 e. The Labute approximate surface area is 146 Å². The van der Waals surface area contributed by atoms with E-state index < -0.39 is 11.7 Å². The van der Waals surface area contributed by atoms with Crippen LogP contribution in [0.3, 0.4) is 0 Å². The molecular weight excluding hydrogens is 355 g/mol. The van der Waals surface area contributed by atoms with E-state index in [1.807, 2.05) is 11.8 Å². The minimum atomic E-state index is -4.40. The van der Waals surface area contributed by atoms with Crippen LogP contribution in [-0.2, 0) is 17.5 Å². The molecule has 134 valence electrons. The molecule has 0 spiro atoms. The van der Waals surface area contributed by atoms with Gasteiger partial charge in [0.25, 0.3) is 0 Å². The third kappa shape index (κ3) is 4.06. The number of aromatic nitrogens is 3. The zero-order chi connectivity index (χ0) is 18.0. The van der Waals surface area contributed by atoms with Crippen LogP contribution in [0.25, 0.3) is 0 Å². The van der Waals surface area contributed by atoms with Gasteiger partial charge in [-0.05, 0) is 37.0 Å². The highest BCUT2D eigenvalue weighted by Gasteiger charge is 2.32. The lowest BCUT2D eigenvalue weighted by Gasteiger charge is -2.18. The van der Waals surface area contributed by atoms with Crippen molar-refractivity contribution in [3.63, 3.8) is 0 Å². The normalized spacial score (nSPS) is 17.8. The Morgan fingerprint density at radius 2 is 2.24 bits per heavy atom. The van der Waals surface area contributed by atoms with Crippen molar-refractivity contribution in [2.75, 3.05) is 18.0 Å². The van der Waals surface area contributed by atoms with E-state index in [1.54, 1.807) is 0 Å². The summed E-state index contributed by atoms with van der Waals surface area (Å²) in [5.74, 6) is 0.151. The summed E-state index contributed by atoms with van der Waals surface area (Å²) in [5, 5.41) is 6.75. The maximum Gasteiger partial charge on any atom is 0.417 e. The average molecular weight is 371 g/mol. The molecule has 0 unspecified atom stereocenters. The van der Waals surface area contributed by atoms with Crippen molar-refractivity contribution in [3.8, 4) is 0 Å². The van der Waals surface area contributed by atoms with Crippen LogP contribution in [0.4, 0.5) is 19.0 Å². The lowest BCUT2D eigenvalue weighted by atomic mass is 10.1. The predicted molar refractivity (Wildman–Crippen MR) is 86.1 cm³/mol. The summed E-state index contributed by atoms with van der Waals surface area (Å²) in [4.78, 5) is 18.9. The quantitative estimate of drug-likeness (QED) is 0.894. The Hall–Kier alpha value is -2.23. The number of carbonyl (C=O) groups excluding carboxylic acids is 1. The molecule has 0 radical (unpaired) electrons. The number of hydrogen-bond donors (Lipinski definition) is 1. The third-order valence-corrected chi connectivity index (χ3v) is 4.95. The Morgan fingerprint density at radius 1 is 1.44 bits per heavy atom. The molecule has 0 saturated carbocycles. The summed E-state index contributed by atoms with van der Waals surface area (Å²) in [6.07, 6.45) is -2.95. The van der Waals surface area contributed by atoms with E-state index >= 15 is 0 Å². The largest absolute Gasteiger partial charge is 0.417 e. The van der Waals surface area contributed by atoms with Crippen LogP contribution in [0.5, 0.6) is 0 Å². The van der Waals surface area contributed by atoms with Crippen LogP contribution in [-0.4, -0.2) is 33.6 Å². The Kier molecular flexibility index (Phi) is 4.89. The number of alkyl halides is 3. The van der Waals surface area contributed by atoms with Gasteiger partial charge in [0.05, 0.1) is 28.6 Å². The molecule has 3 heterocycles. The van der Waals surface area contributed by atoms with Gasteiger partial charge in [0.2, 0.25) is 5.91 Å². The minimum absolute atomic E-state index is 0.0813. The zero-order valence-corrected chi connectivity index (χ0v) is 14.2. The SMILES string of the molecule is Cc1nnsc1CNC(=O)[C@@H]1CCN(c2ccc(C(F)(F)F)cn2)C1. The predicted octanol–water partition coefficient (Wildman–Crippen LogP) is 2.40. The first-order valence-corrected chi connectivity index (χ1v) is 8.45. The van der Waals surface area contributed by atoms with E-state index in [0.29, 0.717) is 31.9 Å². The second kappa shape index (κ2) is 6.95. The topological polar surface area (TPSA) is 71.0 Å². The molecule has 0 aromatic carbocycles. The number of amides is 1. The first kappa shape index (κ1) is 17.6. The Balaban J connectivity index is 1.56. The number of nitrogens with zero attached hydrogens (tertiary/aromatic N) is 4. The van der Waals surface area contributed by atoms with Gasteiger partial charge < -0.3 is 10.2 Å². The zero-order valence-electron chi connectivity index (χ0n) is 13.4. The summed E-state index contributed by atoms with van der Waals surface area (Å²) in [6, 6.07) is 2.35. The molecular formula is C15H16F3N5OS. The molecule has 1 amide bonds. The summed E-state index contributed by atoms with van der Waals surface area (Å²) < 4.78 is 41.6. The number of rotatable bonds is 4. The van der Waals surface area contributed by atoms with Gasteiger partial charge >= 0.3 is 6.18 Å². The van der Waals surface area contributed by atoms with E-state index in [4.69, 9.17) is 0 Å². The van der Waals surface area contributed by atoms with Crippen LogP contribution in [0, 0.1) is 12.8 Å². The summed E-state index contributed by atoms with van der Waals surface area (Å²) >= 11 is 1.25. The lowest BCUT2D eigenvalue weighted by Crippen LogP contribution is -2.32. The molecule has 10 heteroatoms. The van der Waals surface area contributed by atoms with E-state index in [2.05, 4.69) is 19.9 Å². The summed E-state index contributed by atoms with van der Waals surface area (Å²) in [5.41, 5.74) is 0.0191. The fourth-order valence-electron chi connectivity index (χ4n) is 2.65. The second-order valence-electron chi connectivity index (χ2n) is 5.83. The molecule has 25 heavy (non-hydrogen) atoms. The van der Waals surface area contributed by atoms with Crippen molar-refractivity contribution in [3.05, 3.63) is 34.5 Å². The lowest BCUT2D eigenvalue weighted by molar-refractivity contribution is -0.137. The Bertz CT molecular complexity index is 746. The monoisotopic (exact) mass is 371 g/mol. The number of hydrogen-bond acceptors (Lipinski definition) is 6. The molecule has 1 fully saturated rings. The molecule has 1 aliphatic rings. The van der Waals surface area contributed by atoms with Crippen LogP contribution in [0.1, 0.15) is 22.6 Å². The highest BCUT2D eigenvalue weighted by Crippen LogP contribution is 2.30. The first-order valence-electron chi connectivity index (χ1n) is 7.68. The maximum atomic E-state index is 12.6. The van der Waals surface area contributed by atoms with Crippen molar-refractivity contribution in [2.24, 2.45) is 5.92 Å². The van der Waals surface area contributed by atoms with Gasteiger partial charge in [0.15, 0.2) is 0 Å². The highest BCUT2D eigenvalue weighted by atomic mass is 32.1. The standard InChI is InChI=1S/C15H16F3N5OS/c1-9-12(25-22-21-9)7-20-14(24)10-4-5-23(8-10)13-3-2-11(6-19-13)15(16,17)18/h2-3,6,10H,4-5,7-8H2,1H3,(H,20,24)/t10-/m1/s1. The molecule has 6 nitrogen and oxygen atoms in total. The first-order chi connectivity index (χ1) is 11.8. The molecule has 1 N–H and O–H groups in total. The van der Waals surface area contributed by atoms with Crippen LogP contribution in [0.2, 0.25) is 0 Å². The van der Waals surface area contributed by atoms with Crippen LogP contribution < -0.4 is 10.2 Å². The van der Waals surface area contributed by atoms with Gasteiger partial charge in [-0.3, -0.25) is 4.79 Å². The van der Waals surface area contributed by atoms with Crippen LogP contribution >= 0.6 is 11.5 Å². The molecule has 2 aromatic heterocycles.